The third kappa shape index (κ3) is 6.93. The van der Waals surface area contributed by atoms with Crippen LogP contribution in [0.4, 0.5) is 10.1 Å². The number of rotatable bonds is 14. The van der Waals surface area contributed by atoms with E-state index in [2.05, 4.69) is 18.8 Å². The van der Waals surface area contributed by atoms with Crippen LogP contribution in [-0.4, -0.2) is 70.5 Å². The van der Waals surface area contributed by atoms with Gasteiger partial charge in [0, 0.05) is 49.2 Å². The molecule has 0 spiro atoms. The molecule has 0 bridgehead atoms. The van der Waals surface area contributed by atoms with E-state index in [1.54, 1.807) is 31.6 Å². The van der Waals surface area contributed by atoms with Crippen LogP contribution in [0.15, 0.2) is 49.1 Å². The first-order valence-electron chi connectivity index (χ1n) is 15.7. The molecule has 2 aliphatic rings. The number of aromatic nitrogens is 2. The summed E-state index contributed by atoms with van der Waals surface area (Å²) >= 11 is 0. The monoisotopic (exact) mass is 622 g/mol. The second-order valence-corrected chi connectivity index (χ2v) is 11.9. The molecule has 2 aromatic carbocycles. The zero-order valence-corrected chi connectivity index (χ0v) is 26.4. The highest BCUT2D eigenvalue weighted by Gasteiger charge is 2.48. The average molecular weight is 623 g/mol. The summed E-state index contributed by atoms with van der Waals surface area (Å²) < 4.78 is 33.0. The summed E-state index contributed by atoms with van der Waals surface area (Å²) in [4.78, 5) is 35.4. The van der Waals surface area contributed by atoms with Gasteiger partial charge in [-0.05, 0) is 67.6 Å². The number of carbonyl (C=O) groups is 2. The van der Waals surface area contributed by atoms with Crippen molar-refractivity contribution in [1.29, 1.82) is 0 Å². The highest BCUT2D eigenvalue weighted by molar-refractivity contribution is 5.95. The summed E-state index contributed by atoms with van der Waals surface area (Å²) in [7, 11) is 1.54. The van der Waals surface area contributed by atoms with Gasteiger partial charge in [-0.2, -0.15) is 0 Å². The number of carboxylic acids is 1. The topological polar surface area (TPSA) is 106 Å². The number of likely N-dealkylation sites (tertiary alicyclic amines) is 1. The molecule has 11 heteroatoms. The standard InChI is InChI=1S/C34H43FN4O6/c1-5-7-24(8-6-2)39(25-9-10-27(35)22(3)15-25)31(40)19-38-18-26(23-16-29(43-4)33-30(17-23)44-21-45-33)32(34(41)42)28(38)11-13-37-14-12-36-20-37/h9-10,12,14-17,20,24,26,28,32H,5-8,11,13,18-19,21H2,1-4H3,(H,41,42). The van der Waals surface area contributed by atoms with Crippen molar-refractivity contribution in [2.75, 3.05) is 31.9 Å². The normalized spacial score (nSPS) is 19.3. The molecule has 5 rings (SSSR count). The number of methoxy groups -OCH3 is 1. The summed E-state index contributed by atoms with van der Waals surface area (Å²) in [5.74, 6) is -1.12. The van der Waals surface area contributed by atoms with Crippen LogP contribution in [0.5, 0.6) is 17.2 Å². The van der Waals surface area contributed by atoms with Crippen molar-refractivity contribution in [3.05, 3.63) is 66.0 Å². The number of imidazole rings is 1. The number of ether oxygens (including phenoxy) is 3. The number of aliphatic carboxylic acids is 1. The lowest BCUT2D eigenvalue weighted by molar-refractivity contribution is -0.143. The van der Waals surface area contributed by atoms with E-state index in [1.165, 1.54) is 13.2 Å². The molecule has 1 aromatic heterocycles. The molecular formula is C34H43FN4O6. The molecule has 1 saturated heterocycles. The van der Waals surface area contributed by atoms with E-state index < -0.39 is 23.8 Å². The fourth-order valence-electron chi connectivity index (χ4n) is 6.91. The van der Waals surface area contributed by atoms with Gasteiger partial charge in [0.05, 0.1) is 25.9 Å². The number of carbonyl (C=O) groups excluding carboxylic acids is 1. The highest BCUT2D eigenvalue weighted by atomic mass is 19.1. The van der Waals surface area contributed by atoms with Crippen molar-refractivity contribution >= 4 is 17.6 Å². The molecule has 0 saturated carbocycles. The number of anilines is 1. The van der Waals surface area contributed by atoms with Gasteiger partial charge in [0.25, 0.3) is 0 Å². The van der Waals surface area contributed by atoms with Gasteiger partial charge in [-0.1, -0.05) is 26.7 Å². The number of halogens is 1. The zero-order chi connectivity index (χ0) is 32.1. The first-order valence-corrected chi connectivity index (χ1v) is 15.7. The number of fused-ring (bicyclic) bond motifs is 1. The van der Waals surface area contributed by atoms with E-state index in [4.69, 9.17) is 14.2 Å². The molecule has 3 unspecified atom stereocenters. The summed E-state index contributed by atoms with van der Waals surface area (Å²) in [5.41, 5.74) is 1.89. The molecule has 1 fully saturated rings. The largest absolute Gasteiger partial charge is 0.493 e. The maximum Gasteiger partial charge on any atom is 0.308 e. The Morgan fingerprint density at radius 1 is 1.18 bits per heavy atom. The molecule has 2 aliphatic heterocycles. The first-order chi connectivity index (χ1) is 21.7. The molecule has 0 aliphatic carbocycles. The minimum Gasteiger partial charge on any atom is -0.493 e. The minimum absolute atomic E-state index is 0.0247. The fraction of sp³-hybridized carbons (Fsp3) is 0.500. The van der Waals surface area contributed by atoms with Crippen molar-refractivity contribution in [2.24, 2.45) is 5.92 Å². The number of amides is 1. The Kier molecular flexibility index (Phi) is 10.3. The predicted octanol–water partition coefficient (Wildman–Crippen LogP) is 5.63. The molecule has 45 heavy (non-hydrogen) atoms. The van der Waals surface area contributed by atoms with Crippen LogP contribution in [0.2, 0.25) is 0 Å². The maximum absolute atomic E-state index is 14.4. The third-order valence-corrected chi connectivity index (χ3v) is 9.02. The number of hydrogen-bond donors (Lipinski definition) is 1. The Morgan fingerprint density at radius 3 is 2.60 bits per heavy atom. The average Bonchev–Trinajstić information content (AvgIpc) is 3.78. The predicted molar refractivity (Wildman–Crippen MR) is 167 cm³/mol. The van der Waals surface area contributed by atoms with Gasteiger partial charge < -0.3 is 28.8 Å². The van der Waals surface area contributed by atoms with Crippen LogP contribution in [0.25, 0.3) is 0 Å². The van der Waals surface area contributed by atoms with E-state index in [0.29, 0.717) is 48.0 Å². The Bertz CT molecular complexity index is 1480. The lowest BCUT2D eigenvalue weighted by Crippen LogP contribution is -2.48. The Hall–Kier alpha value is -4.12. The van der Waals surface area contributed by atoms with Crippen molar-refractivity contribution in [3.63, 3.8) is 0 Å². The van der Waals surface area contributed by atoms with Crippen molar-refractivity contribution in [1.82, 2.24) is 14.5 Å². The number of benzene rings is 2. The van der Waals surface area contributed by atoms with E-state index >= 15 is 0 Å². The number of nitrogens with zero attached hydrogens (tertiary/aromatic N) is 4. The molecule has 10 nitrogen and oxygen atoms in total. The minimum atomic E-state index is -0.928. The smallest absolute Gasteiger partial charge is 0.308 e. The fourth-order valence-corrected chi connectivity index (χ4v) is 6.91. The van der Waals surface area contributed by atoms with E-state index in [9.17, 15) is 19.1 Å². The van der Waals surface area contributed by atoms with E-state index in [0.717, 1.165) is 31.2 Å². The summed E-state index contributed by atoms with van der Waals surface area (Å²) in [6, 6.07) is 7.95. The van der Waals surface area contributed by atoms with Gasteiger partial charge in [-0.3, -0.25) is 14.5 Å². The summed E-state index contributed by atoms with van der Waals surface area (Å²) in [5, 5.41) is 10.7. The SMILES string of the molecule is CCCC(CCC)N(C(=O)CN1CC(c2cc(OC)c3c(c2)OCO3)C(C(=O)O)C1CCn1ccnc1)c1ccc(F)c(C)c1. The molecule has 1 N–H and O–H groups in total. The van der Waals surface area contributed by atoms with Gasteiger partial charge in [0.1, 0.15) is 5.82 Å². The Labute approximate surface area is 263 Å². The van der Waals surface area contributed by atoms with Gasteiger partial charge in [-0.25, -0.2) is 9.37 Å². The zero-order valence-electron chi connectivity index (χ0n) is 26.4. The van der Waals surface area contributed by atoms with Crippen molar-refractivity contribution < 1.29 is 33.3 Å². The number of carboxylic acid groups (broad SMARTS) is 1. The lowest BCUT2D eigenvalue weighted by atomic mass is 9.84. The van der Waals surface area contributed by atoms with Crippen LogP contribution >= 0.6 is 0 Å². The second-order valence-electron chi connectivity index (χ2n) is 11.9. The molecule has 242 valence electrons. The van der Waals surface area contributed by atoms with E-state index in [-0.39, 0.29) is 31.1 Å². The summed E-state index contributed by atoms with van der Waals surface area (Å²) in [6.07, 6.45) is 9.13. The van der Waals surface area contributed by atoms with Crippen LogP contribution in [0, 0.1) is 18.7 Å². The molecule has 1 amide bonds. The molecule has 3 atom stereocenters. The van der Waals surface area contributed by atoms with Crippen LogP contribution in [-0.2, 0) is 16.1 Å². The molecule has 3 aromatic rings. The van der Waals surface area contributed by atoms with Crippen LogP contribution in [0.1, 0.15) is 63.0 Å². The summed E-state index contributed by atoms with van der Waals surface area (Å²) in [6.45, 7) is 6.87. The van der Waals surface area contributed by atoms with E-state index in [1.807, 2.05) is 32.7 Å². The quantitative estimate of drug-likeness (QED) is 0.247. The Morgan fingerprint density at radius 2 is 1.96 bits per heavy atom. The Balaban J connectivity index is 1.51. The van der Waals surface area contributed by atoms with Gasteiger partial charge in [-0.15, -0.1) is 0 Å². The van der Waals surface area contributed by atoms with Crippen LogP contribution in [0.3, 0.4) is 0 Å². The van der Waals surface area contributed by atoms with Gasteiger partial charge >= 0.3 is 5.97 Å². The number of aryl methyl sites for hydroxylation is 2. The highest BCUT2D eigenvalue weighted by Crippen LogP contribution is 2.47. The molecular weight excluding hydrogens is 579 g/mol. The van der Waals surface area contributed by atoms with Gasteiger partial charge in [0.15, 0.2) is 11.5 Å². The third-order valence-electron chi connectivity index (χ3n) is 9.02. The second kappa shape index (κ2) is 14.3. The maximum atomic E-state index is 14.4. The van der Waals surface area contributed by atoms with Gasteiger partial charge in [0.2, 0.25) is 18.4 Å². The van der Waals surface area contributed by atoms with Crippen molar-refractivity contribution in [3.8, 4) is 17.2 Å². The molecule has 0 radical (unpaired) electrons. The molecule has 3 heterocycles. The number of hydrogen-bond acceptors (Lipinski definition) is 7. The van der Waals surface area contributed by atoms with Crippen molar-refractivity contribution in [2.45, 2.75) is 77.4 Å². The van der Waals surface area contributed by atoms with Crippen LogP contribution < -0.4 is 19.1 Å². The lowest BCUT2D eigenvalue weighted by Gasteiger charge is -2.35. The first kappa shape index (κ1) is 32.3.